The number of carbonyl (C=O) groups is 1. The molecule has 3 rings (SSSR count). The number of amides is 1. The number of nitrogens with zero attached hydrogens (tertiary/aromatic N) is 3. The van der Waals surface area contributed by atoms with Crippen molar-refractivity contribution in [2.24, 2.45) is 5.10 Å². The van der Waals surface area contributed by atoms with Crippen molar-refractivity contribution >= 4 is 33.9 Å². The van der Waals surface area contributed by atoms with E-state index in [-0.39, 0.29) is 16.3 Å². The second-order valence-electron chi connectivity index (χ2n) is 9.10. The molecule has 0 bridgehead atoms. The molecule has 1 aliphatic carbocycles. The minimum absolute atomic E-state index is 0.110. The average Bonchev–Trinajstić information content (AvgIpc) is 2.97. The SMILES string of the molecule is COC1CC(n2c(=O)c3c(C)c(/C=N/NC(=O)OC(C)(C)C)sc3n(CCC(F)(F)F)c2=O)C1. The highest BCUT2D eigenvalue weighted by molar-refractivity contribution is 7.20. The molecule has 1 N–H and O–H groups in total. The molecule has 1 fully saturated rings. The van der Waals surface area contributed by atoms with Gasteiger partial charge in [-0.15, -0.1) is 11.3 Å². The Morgan fingerprint density at radius 3 is 2.47 bits per heavy atom. The van der Waals surface area contributed by atoms with Crippen LogP contribution in [0.2, 0.25) is 0 Å². The molecule has 1 saturated carbocycles. The molecule has 13 heteroatoms. The Hall–Kier alpha value is -2.67. The molecule has 2 heterocycles. The maximum Gasteiger partial charge on any atom is 0.428 e. The summed E-state index contributed by atoms with van der Waals surface area (Å²) in [4.78, 5) is 38.7. The first-order valence-corrected chi connectivity index (χ1v) is 11.4. The summed E-state index contributed by atoms with van der Waals surface area (Å²) < 4.78 is 51.2. The second-order valence-corrected chi connectivity index (χ2v) is 10.1. The van der Waals surface area contributed by atoms with Crippen LogP contribution in [0.25, 0.3) is 10.2 Å². The van der Waals surface area contributed by atoms with Gasteiger partial charge in [-0.2, -0.15) is 18.3 Å². The van der Waals surface area contributed by atoms with Gasteiger partial charge >= 0.3 is 18.0 Å². The summed E-state index contributed by atoms with van der Waals surface area (Å²) in [6, 6.07) is -0.447. The van der Waals surface area contributed by atoms with Gasteiger partial charge in [0.1, 0.15) is 10.4 Å². The van der Waals surface area contributed by atoms with Crippen LogP contribution in [0.3, 0.4) is 0 Å². The highest BCUT2D eigenvalue weighted by Gasteiger charge is 2.35. The van der Waals surface area contributed by atoms with Crippen molar-refractivity contribution in [2.75, 3.05) is 7.11 Å². The van der Waals surface area contributed by atoms with Gasteiger partial charge in [0.15, 0.2) is 0 Å². The Kier molecular flexibility index (Phi) is 7.27. The van der Waals surface area contributed by atoms with Crippen LogP contribution in [0.1, 0.15) is 56.5 Å². The normalized spacial score (nSPS) is 18.9. The first-order valence-electron chi connectivity index (χ1n) is 10.6. The Bertz CT molecular complexity index is 1220. The summed E-state index contributed by atoms with van der Waals surface area (Å²) in [6.45, 7) is 6.07. The molecule has 2 aromatic heterocycles. The van der Waals surface area contributed by atoms with E-state index in [1.807, 2.05) is 0 Å². The first kappa shape index (κ1) is 25.9. The highest BCUT2D eigenvalue weighted by Crippen LogP contribution is 2.34. The Balaban J connectivity index is 2.04. The number of alkyl halides is 3. The van der Waals surface area contributed by atoms with Gasteiger partial charge in [-0.25, -0.2) is 15.0 Å². The smallest absolute Gasteiger partial charge is 0.428 e. The number of rotatable bonds is 6. The van der Waals surface area contributed by atoms with Crippen molar-refractivity contribution in [3.05, 3.63) is 31.3 Å². The largest absolute Gasteiger partial charge is 0.443 e. The third-order valence-electron chi connectivity index (χ3n) is 5.40. The molecule has 0 aromatic carbocycles. The molecule has 0 radical (unpaired) electrons. The number of fused-ring (bicyclic) bond motifs is 1. The zero-order chi connectivity index (χ0) is 25.4. The van der Waals surface area contributed by atoms with E-state index in [1.165, 1.54) is 13.3 Å². The van der Waals surface area contributed by atoms with Crippen molar-refractivity contribution in [3.8, 4) is 0 Å². The van der Waals surface area contributed by atoms with Crippen LogP contribution in [0.4, 0.5) is 18.0 Å². The second kappa shape index (κ2) is 9.53. The minimum atomic E-state index is -4.47. The zero-order valence-electron chi connectivity index (χ0n) is 19.5. The van der Waals surface area contributed by atoms with Gasteiger partial charge in [0.05, 0.1) is 29.0 Å². The van der Waals surface area contributed by atoms with E-state index in [4.69, 9.17) is 9.47 Å². The van der Waals surface area contributed by atoms with Gasteiger partial charge in [-0.3, -0.25) is 13.9 Å². The van der Waals surface area contributed by atoms with Crippen LogP contribution in [0.15, 0.2) is 14.7 Å². The standard InChI is InChI=1S/C21H27F3N4O5S/c1-11-14(10-25-26-18(30)33-20(2,3)4)34-17-15(11)16(29)28(12-8-13(9-12)32-5)19(31)27(17)7-6-21(22,23)24/h10,12-13H,6-9H2,1-5H3,(H,26,30)/b25-10+. The maximum absolute atomic E-state index is 13.3. The van der Waals surface area contributed by atoms with E-state index in [0.717, 1.165) is 20.5 Å². The summed E-state index contributed by atoms with van der Waals surface area (Å²) >= 11 is 0.961. The molecule has 2 aromatic rings. The van der Waals surface area contributed by atoms with Crippen LogP contribution >= 0.6 is 11.3 Å². The summed E-state index contributed by atoms with van der Waals surface area (Å²) in [5.41, 5.74) is 0.595. The minimum Gasteiger partial charge on any atom is -0.443 e. The zero-order valence-corrected chi connectivity index (χ0v) is 20.3. The summed E-state index contributed by atoms with van der Waals surface area (Å²) in [5, 5.41) is 3.98. The van der Waals surface area contributed by atoms with Gasteiger partial charge in [0.25, 0.3) is 5.56 Å². The highest BCUT2D eigenvalue weighted by atomic mass is 32.1. The number of hydrogen-bond acceptors (Lipinski definition) is 7. The third-order valence-corrected chi connectivity index (χ3v) is 6.65. The molecule has 0 aliphatic heterocycles. The molecule has 0 unspecified atom stereocenters. The number of carbonyl (C=O) groups excluding carboxylic acids is 1. The van der Waals surface area contributed by atoms with E-state index in [0.29, 0.717) is 23.3 Å². The fraction of sp³-hybridized carbons (Fsp3) is 0.619. The van der Waals surface area contributed by atoms with Crippen molar-refractivity contribution in [2.45, 2.75) is 77.4 Å². The van der Waals surface area contributed by atoms with Gasteiger partial charge < -0.3 is 9.47 Å². The number of ether oxygens (including phenoxy) is 2. The van der Waals surface area contributed by atoms with Crippen LogP contribution in [0, 0.1) is 6.92 Å². The average molecular weight is 505 g/mol. The van der Waals surface area contributed by atoms with Gasteiger partial charge in [0.2, 0.25) is 0 Å². The summed E-state index contributed by atoms with van der Waals surface area (Å²) in [7, 11) is 1.52. The lowest BCUT2D eigenvalue weighted by molar-refractivity contribution is -0.136. The number of aromatic nitrogens is 2. The maximum atomic E-state index is 13.3. The molecule has 0 spiro atoms. The lowest BCUT2D eigenvalue weighted by Gasteiger charge is -2.35. The Labute approximate surface area is 197 Å². The topological polar surface area (TPSA) is 104 Å². The van der Waals surface area contributed by atoms with Crippen LogP contribution < -0.4 is 16.7 Å². The lowest BCUT2D eigenvalue weighted by Crippen LogP contribution is -2.47. The number of methoxy groups -OCH3 is 1. The summed E-state index contributed by atoms with van der Waals surface area (Å²) in [5.74, 6) is 0. The van der Waals surface area contributed by atoms with Crippen LogP contribution in [-0.4, -0.2) is 46.4 Å². The molecule has 188 valence electrons. The molecule has 9 nitrogen and oxygen atoms in total. The lowest BCUT2D eigenvalue weighted by atomic mass is 9.89. The summed E-state index contributed by atoms with van der Waals surface area (Å²) in [6.07, 6.45) is -4.46. The van der Waals surface area contributed by atoms with E-state index in [1.54, 1.807) is 27.7 Å². The van der Waals surface area contributed by atoms with E-state index in [2.05, 4.69) is 10.5 Å². The number of aryl methyl sites for hydroxylation is 2. The molecule has 0 atom stereocenters. The number of nitrogens with one attached hydrogen (secondary N) is 1. The van der Waals surface area contributed by atoms with Crippen LogP contribution in [-0.2, 0) is 16.0 Å². The van der Waals surface area contributed by atoms with Crippen molar-refractivity contribution in [3.63, 3.8) is 0 Å². The molecular weight excluding hydrogens is 477 g/mol. The predicted octanol–water partition coefficient (Wildman–Crippen LogP) is 3.69. The molecule has 1 aliphatic rings. The number of halogens is 3. The van der Waals surface area contributed by atoms with E-state index in [9.17, 15) is 27.6 Å². The monoisotopic (exact) mass is 504 g/mol. The fourth-order valence-electron chi connectivity index (χ4n) is 3.65. The molecule has 1 amide bonds. The van der Waals surface area contributed by atoms with E-state index >= 15 is 0 Å². The van der Waals surface area contributed by atoms with Gasteiger partial charge in [-0.1, -0.05) is 0 Å². The van der Waals surface area contributed by atoms with Gasteiger partial charge in [-0.05, 0) is 46.1 Å². The number of hydrogen-bond donors (Lipinski definition) is 1. The predicted molar refractivity (Wildman–Crippen MR) is 122 cm³/mol. The fourth-order valence-corrected chi connectivity index (χ4v) is 4.84. The molecule has 34 heavy (non-hydrogen) atoms. The first-order chi connectivity index (χ1) is 15.7. The third kappa shape index (κ3) is 5.69. The van der Waals surface area contributed by atoms with Gasteiger partial charge in [0, 0.05) is 19.7 Å². The van der Waals surface area contributed by atoms with Crippen molar-refractivity contribution < 1.29 is 27.4 Å². The Morgan fingerprint density at radius 2 is 1.91 bits per heavy atom. The number of hydrazone groups is 1. The Morgan fingerprint density at radius 1 is 1.26 bits per heavy atom. The quantitative estimate of drug-likeness (QED) is 0.477. The van der Waals surface area contributed by atoms with Crippen molar-refractivity contribution in [1.82, 2.24) is 14.6 Å². The van der Waals surface area contributed by atoms with Crippen molar-refractivity contribution in [1.29, 1.82) is 0 Å². The molecule has 0 saturated heterocycles. The molecular formula is C21H27F3N4O5S. The van der Waals surface area contributed by atoms with E-state index < -0.39 is 48.1 Å². The van der Waals surface area contributed by atoms with Crippen LogP contribution in [0.5, 0.6) is 0 Å². The number of thiophene rings is 1.